The van der Waals surface area contributed by atoms with Gasteiger partial charge in [0.25, 0.3) is 0 Å². The summed E-state index contributed by atoms with van der Waals surface area (Å²) in [6.07, 6.45) is 2.19. The number of rotatable bonds is 3. The van der Waals surface area contributed by atoms with Gasteiger partial charge < -0.3 is 14.9 Å². The lowest BCUT2D eigenvalue weighted by atomic mass is 9.97. The first-order valence-corrected chi connectivity index (χ1v) is 8.35. The van der Waals surface area contributed by atoms with E-state index in [2.05, 4.69) is 0 Å². The highest BCUT2D eigenvalue weighted by Gasteiger charge is 2.38. The molecule has 5 nitrogen and oxygen atoms in total. The number of hydrogen-bond acceptors (Lipinski definition) is 3. The Kier molecular flexibility index (Phi) is 4.66. The fourth-order valence-electron chi connectivity index (χ4n) is 3.52. The van der Waals surface area contributed by atoms with Crippen LogP contribution in [0.25, 0.3) is 0 Å². The molecule has 0 aromatic heterocycles. The van der Waals surface area contributed by atoms with Gasteiger partial charge in [0.2, 0.25) is 11.8 Å². The minimum atomic E-state index is -0.263. The molecule has 0 bridgehead atoms. The van der Waals surface area contributed by atoms with Gasteiger partial charge >= 0.3 is 0 Å². The van der Waals surface area contributed by atoms with Crippen LogP contribution in [0.5, 0.6) is 0 Å². The Labute approximate surface area is 136 Å². The SMILES string of the molecule is Cc1ccc(N2CC(C(=O)N3CCCC(CO)C3)CC2=O)cc1. The molecule has 2 unspecified atom stereocenters. The lowest BCUT2D eigenvalue weighted by Gasteiger charge is -2.33. The number of carbonyl (C=O) groups is 2. The van der Waals surface area contributed by atoms with Crippen molar-refractivity contribution in [3.05, 3.63) is 29.8 Å². The predicted octanol–water partition coefficient (Wildman–Crippen LogP) is 1.58. The molecule has 2 atom stereocenters. The molecule has 1 aromatic carbocycles. The average Bonchev–Trinajstić information content (AvgIpc) is 2.97. The van der Waals surface area contributed by atoms with Crippen LogP contribution < -0.4 is 4.90 Å². The van der Waals surface area contributed by atoms with Crippen molar-refractivity contribution in [1.82, 2.24) is 4.90 Å². The number of nitrogens with zero attached hydrogens (tertiary/aromatic N) is 2. The van der Waals surface area contributed by atoms with Crippen molar-refractivity contribution in [3.63, 3.8) is 0 Å². The maximum Gasteiger partial charge on any atom is 0.228 e. The van der Waals surface area contributed by atoms with Crippen LogP contribution in [0.4, 0.5) is 5.69 Å². The third-order valence-electron chi connectivity index (χ3n) is 4.91. The van der Waals surface area contributed by atoms with Gasteiger partial charge in [-0.3, -0.25) is 9.59 Å². The third-order valence-corrected chi connectivity index (χ3v) is 4.91. The van der Waals surface area contributed by atoms with E-state index in [1.807, 2.05) is 36.1 Å². The van der Waals surface area contributed by atoms with Crippen molar-refractivity contribution < 1.29 is 14.7 Å². The highest BCUT2D eigenvalue weighted by Crippen LogP contribution is 2.28. The van der Waals surface area contributed by atoms with E-state index in [9.17, 15) is 14.7 Å². The number of hydrogen-bond donors (Lipinski definition) is 1. The molecule has 2 heterocycles. The molecule has 2 saturated heterocycles. The Morgan fingerprint density at radius 3 is 2.70 bits per heavy atom. The first-order chi connectivity index (χ1) is 11.1. The van der Waals surface area contributed by atoms with E-state index in [0.29, 0.717) is 13.1 Å². The van der Waals surface area contributed by atoms with Gasteiger partial charge in [-0.1, -0.05) is 17.7 Å². The number of piperidine rings is 1. The molecule has 5 heteroatoms. The van der Waals surface area contributed by atoms with Crippen molar-refractivity contribution in [1.29, 1.82) is 0 Å². The normalized spacial score (nSPS) is 25.0. The van der Waals surface area contributed by atoms with E-state index >= 15 is 0 Å². The quantitative estimate of drug-likeness (QED) is 0.921. The maximum atomic E-state index is 12.7. The second kappa shape index (κ2) is 6.71. The molecule has 23 heavy (non-hydrogen) atoms. The van der Waals surface area contributed by atoms with Gasteiger partial charge in [-0.15, -0.1) is 0 Å². The molecule has 3 rings (SSSR count). The second-order valence-corrected chi connectivity index (χ2v) is 6.72. The van der Waals surface area contributed by atoms with Crippen molar-refractivity contribution in [2.24, 2.45) is 11.8 Å². The zero-order valence-electron chi connectivity index (χ0n) is 13.6. The first-order valence-electron chi connectivity index (χ1n) is 8.35. The summed E-state index contributed by atoms with van der Waals surface area (Å²) in [7, 11) is 0. The van der Waals surface area contributed by atoms with E-state index in [1.54, 1.807) is 4.90 Å². The highest BCUT2D eigenvalue weighted by molar-refractivity contribution is 6.00. The first kappa shape index (κ1) is 16.0. The fraction of sp³-hybridized carbons (Fsp3) is 0.556. The molecule has 2 fully saturated rings. The lowest BCUT2D eigenvalue weighted by molar-refractivity contribution is -0.137. The van der Waals surface area contributed by atoms with Crippen LogP contribution in [0.3, 0.4) is 0 Å². The summed E-state index contributed by atoms with van der Waals surface area (Å²) < 4.78 is 0. The number of amides is 2. The summed E-state index contributed by atoms with van der Waals surface area (Å²) in [4.78, 5) is 28.5. The summed E-state index contributed by atoms with van der Waals surface area (Å²) in [5, 5.41) is 9.31. The summed E-state index contributed by atoms with van der Waals surface area (Å²) in [6, 6.07) is 7.83. The Hall–Kier alpha value is -1.88. The molecule has 124 valence electrons. The Morgan fingerprint density at radius 2 is 2.00 bits per heavy atom. The van der Waals surface area contributed by atoms with E-state index in [4.69, 9.17) is 0 Å². The monoisotopic (exact) mass is 316 g/mol. The standard InChI is InChI=1S/C18H24N2O3/c1-13-4-6-16(7-5-13)20-11-15(9-17(20)22)18(23)19-8-2-3-14(10-19)12-21/h4-7,14-15,21H,2-3,8-12H2,1H3. The Balaban J connectivity index is 1.67. The van der Waals surface area contributed by atoms with E-state index in [0.717, 1.165) is 30.6 Å². The van der Waals surface area contributed by atoms with Gasteiger partial charge in [0.1, 0.15) is 0 Å². The van der Waals surface area contributed by atoms with Gasteiger partial charge in [0.15, 0.2) is 0 Å². The van der Waals surface area contributed by atoms with Crippen molar-refractivity contribution in [2.75, 3.05) is 31.1 Å². The van der Waals surface area contributed by atoms with Crippen LogP contribution >= 0.6 is 0 Å². The number of anilines is 1. The van der Waals surface area contributed by atoms with Crippen LogP contribution in [0.2, 0.25) is 0 Å². The van der Waals surface area contributed by atoms with E-state index < -0.39 is 0 Å². The van der Waals surface area contributed by atoms with Crippen molar-refractivity contribution >= 4 is 17.5 Å². The number of benzene rings is 1. The number of aryl methyl sites for hydroxylation is 1. The molecule has 2 aliphatic heterocycles. The van der Waals surface area contributed by atoms with Crippen LogP contribution in [-0.4, -0.2) is 48.1 Å². The second-order valence-electron chi connectivity index (χ2n) is 6.72. The van der Waals surface area contributed by atoms with Gasteiger partial charge in [-0.05, 0) is 37.8 Å². The van der Waals surface area contributed by atoms with E-state index in [-0.39, 0.29) is 36.7 Å². The highest BCUT2D eigenvalue weighted by atomic mass is 16.3. The summed E-state index contributed by atoms with van der Waals surface area (Å²) in [5.74, 6) is -0.00622. The molecular formula is C18H24N2O3. The number of aliphatic hydroxyl groups excluding tert-OH is 1. The smallest absolute Gasteiger partial charge is 0.228 e. The van der Waals surface area contributed by atoms with Crippen molar-refractivity contribution in [2.45, 2.75) is 26.2 Å². The molecule has 2 amide bonds. The average molecular weight is 316 g/mol. The van der Waals surface area contributed by atoms with Gasteiger partial charge in [-0.2, -0.15) is 0 Å². The lowest BCUT2D eigenvalue weighted by Crippen LogP contribution is -2.44. The fourth-order valence-corrected chi connectivity index (χ4v) is 3.52. The minimum absolute atomic E-state index is 0.0166. The zero-order valence-corrected chi connectivity index (χ0v) is 13.6. The van der Waals surface area contributed by atoms with Crippen LogP contribution in [0.15, 0.2) is 24.3 Å². The van der Waals surface area contributed by atoms with Crippen molar-refractivity contribution in [3.8, 4) is 0 Å². The Bertz CT molecular complexity index is 584. The summed E-state index contributed by atoms with van der Waals surface area (Å²) in [5.41, 5.74) is 2.01. The molecule has 0 aliphatic carbocycles. The van der Waals surface area contributed by atoms with Crippen LogP contribution in [-0.2, 0) is 9.59 Å². The van der Waals surface area contributed by atoms with Crippen LogP contribution in [0.1, 0.15) is 24.8 Å². The molecule has 0 radical (unpaired) electrons. The number of likely N-dealkylation sites (tertiary alicyclic amines) is 1. The topological polar surface area (TPSA) is 60.9 Å². The molecule has 1 aromatic rings. The minimum Gasteiger partial charge on any atom is -0.396 e. The largest absolute Gasteiger partial charge is 0.396 e. The predicted molar refractivity (Wildman–Crippen MR) is 88.0 cm³/mol. The third kappa shape index (κ3) is 3.39. The van der Waals surface area contributed by atoms with Gasteiger partial charge in [0, 0.05) is 38.3 Å². The zero-order chi connectivity index (χ0) is 16.4. The Morgan fingerprint density at radius 1 is 1.26 bits per heavy atom. The van der Waals surface area contributed by atoms with E-state index in [1.165, 1.54) is 0 Å². The number of carbonyl (C=O) groups excluding carboxylic acids is 2. The molecule has 0 spiro atoms. The molecule has 0 saturated carbocycles. The number of aliphatic hydroxyl groups is 1. The summed E-state index contributed by atoms with van der Waals surface area (Å²) in [6.45, 7) is 3.95. The molecular weight excluding hydrogens is 292 g/mol. The molecule has 1 N–H and O–H groups in total. The van der Waals surface area contributed by atoms with Gasteiger partial charge in [0.05, 0.1) is 5.92 Å². The maximum absolute atomic E-state index is 12.7. The van der Waals surface area contributed by atoms with Gasteiger partial charge in [-0.25, -0.2) is 0 Å². The summed E-state index contributed by atoms with van der Waals surface area (Å²) >= 11 is 0. The van der Waals surface area contributed by atoms with Crippen LogP contribution in [0, 0.1) is 18.8 Å². The molecule has 2 aliphatic rings.